The maximum atomic E-state index is 12.0. The number of benzene rings is 1. The molecule has 20 heavy (non-hydrogen) atoms. The van der Waals surface area contributed by atoms with Crippen molar-refractivity contribution in [1.29, 1.82) is 0 Å². The Morgan fingerprint density at radius 1 is 1.40 bits per heavy atom. The van der Waals surface area contributed by atoms with Crippen molar-refractivity contribution in [3.05, 3.63) is 29.8 Å². The number of aromatic nitrogens is 4. The first-order valence-electron chi connectivity index (χ1n) is 6.80. The molecule has 2 aromatic rings. The fourth-order valence-electron chi connectivity index (χ4n) is 1.87. The van der Waals surface area contributed by atoms with Crippen LogP contribution in [0.4, 0.5) is 0 Å². The van der Waals surface area contributed by atoms with Gasteiger partial charge in [0.2, 0.25) is 0 Å². The highest BCUT2D eigenvalue weighted by molar-refractivity contribution is 5.95. The molecule has 1 aromatic heterocycles. The average Bonchev–Trinajstić information content (AvgIpc) is 2.94. The number of rotatable bonds is 5. The van der Waals surface area contributed by atoms with Crippen molar-refractivity contribution in [2.45, 2.75) is 33.2 Å². The quantitative estimate of drug-likeness (QED) is 0.905. The lowest BCUT2D eigenvalue weighted by Gasteiger charge is -2.09. The molecule has 6 heteroatoms. The Labute approximate surface area is 118 Å². The fraction of sp³-hybridized carbons (Fsp3) is 0.429. The van der Waals surface area contributed by atoms with Crippen LogP contribution in [0, 0.1) is 0 Å². The second kappa shape index (κ2) is 6.27. The Kier molecular flexibility index (Phi) is 4.45. The number of carbonyl (C=O) groups is 1. The molecule has 0 bridgehead atoms. The van der Waals surface area contributed by atoms with E-state index in [1.54, 1.807) is 10.7 Å². The van der Waals surface area contributed by atoms with Gasteiger partial charge in [-0.1, -0.05) is 19.1 Å². The molecule has 0 radical (unpaired) electrons. The minimum absolute atomic E-state index is 0.0720. The number of nitrogens with zero attached hydrogens (tertiary/aromatic N) is 4. The molecule has 6 nitrogen and oxygen atoms in total. The van der Waals surface area contributed by atoms with Crippen molar-refractivity contribution in [2.24, 2.45) is 0 Å². The number of nitrogens with one attached hydrogen (secondary N) is 1. The van der Waals surface area contributed by atoms with Gasteiger partial charge in [0, 0.05) is 17.7 Å². The maximum absolute atomic E-state index is 12.0. The molecule has 0 spiro atoms. The number of hydrogen-bond donors (Lipinski definition) is 1. The minimum atomic E-state index is -0.0720. The van der Waals surface area contributed by atoms with Gasteiger partial charge < -0.3 is 5.32 Å². The van der Waals surface area contributed by atoms with Crippen LogP contribution in [-0.4, -0.2) is 32.7 Å². The summed E-state index contributed by atoms with van der Waals surface area (Å²) in [5, 5.41) is 14.6. The predicted molar refractivity (Wildman–Crippen MR) is 76.3 cm³/mol. The van der Waals surface area contributed by atoms with Gasteiger partial charge in [-0.15, -0.1) is 5.10 Å². The molecular weight excluding hydrogens is 254 g/mol. The predicted octanol–water partition coefficient (Wildman–Crippen LogP) is 2.06. The molecule has 0 aliphatic heterocycles. The second-order valence-electron chi connectivity index (χ2n) is 4.88. The third kappa shape index (κ3) is 3.01. The average molecular weight is 273 g/mol. The monoisotopic (exact) mass is 273 g/mol. The first kappa shape index (κ1) is 14.2. The summed E-state index contributed by atoms with van der Waals surface area (Å²) >= 11 is 0. The van der Waals surface area contributed by atoms with Crippen molar-refractivity contribution in [2.75, 3.05) is 6.54 Å². The second-order valence-corrected chi connectivity index (χ2v) is 4.88. The van der Waals surface area contributed by atoms with E-state index < -0.39 is 0 Å². The zero-order valence-corrected chi connectivity index (χ0v) is 12.0. The largest absolute Gasteiger partial charge is 0.352 e. The molecule has 106 valence electrons. The van der Waals surface area contributed by atoms with Gasteiger partial charge in [-0.25, -0.2) is 4.68 Å². The lowest BCUT2D eigenvalue weighted by molar-refractivity contribution is 0.0953. The summed E-state index contributed by atoms with van der Waals surface area (Å²) in [4.78, 5) is 12.0. The van der Waals surface area contributed by atoms with Crippen molar-refractivity contribution in [3.63, 3.8) is 0 Å². The number of carbonyl (C=O) groups excluding carboxylic acids is 1. The highest BCUT2D eigenvalue weighted by Gasteiger charge is 2.13. The van der Waals surface area contributed by atoms with E-state index in [1.807, 2.05) is 39.0 Å². The third-order valence-corrected chi connectivity index (χ3v) is 2.90. The van der Waals surface area contributed by atoms with E-state index in [2.05, 4.69) is 20.8 Å². The van der Waals surface area contributed by atoms with E-state index in [1.165, 1.54) is 0 Å². The van der Waals surface area contributed by atoms with Crippen LogP contribution in [0.25, 0.3) is 11.4 Å². The molecule has 0 fully saturated rings. The van der Waals surface area contributed by atoms with Gasteiger partial charge in [0.1, 0.15) is 0 Å². The smallest absolute Gasteiger partial charge is 0.251 e. The van der Waals surface area contributed by atoms with Crippen LogP contribution >= 0.6 is 0 Å². The van der Waals surface area contributed by atoms with Gasteiger partial charge in [0.05, 0.1) is 6.04 Å². The summed E-state index contributed by atoms with van der Waals surface area (Å²) in [7, 11) is 0. The van der Waals surface area contributed by atoms with Crippen LogP contribution in [-0.2, 0) is 0 Å². The Balaban J connectivity index is 2.30. The Morgan fingerprint density at radius 3 is 2.90 bits per heavy atom. The van der Waals surface area contributed by atoms with Gasteiger partial charge >= 0.3 is 0 Å². The first-order valence-corrected chi connectivity index (χ1v) is 6.80. The van der Waals surface area contributed by atoms with Crippen LogP contribution in [0.15, 0.2) is 24.3 Å². The van der Waals surface area contributed by atoms with E-state index in [0.29, 0.717) is 17.9 Å². The normalized spacial score (nSPS) is 10.8. The summed E-state index contributed by atoms with van der Waals surface area (Å²) < 4.78 is 1.74. The summed E-state index contributed by atoms with van der Waals surface area (Å²) in [5.41, 5.74) is 1.46. The minimum Gasteiger partial charge on any atom is -0.352 e. The van der Waals surface area contributed by atoms with Crippen LogP contribution in [0.2, 0.25) is 0 Å². The molecule has 0 saturated heterocycles. The number of amides is 1. The highest BCUT2D eigenvalue weighted by atomic mass is 16.1. The Hall–Kier alpha value is -2.24. The van der Waals surface area contributed by atoms with E-state index in [-0.39, 0.29) is 11.9 Å². The van der Waals surface area contributed by atoms with E-state index in [9.17, 15) is 4.79 Å². The summed E-state index contributed by atoms with van der Waals surface area (Å²) in [6, 6.07) is 7.52. The third-order valence-electron chi connectivity index (χ3n) is 2.90. The van der Waals surface area contributed by atoms with Crippen LogP contribution < -0.4 is 5.32 Å². The Bertz CT molecular complexity index is 591. The van der Waals surface area contributed by atoms with Gasteiger partial charge in [-0.2, -0.15) is 0 Å². The van der Waals surface area contributed by atoms with E-state index in [0.717, 1.165) is 12.0 Å². The van der Waals surface area contributed by atoms with Crippen molar-refractivity contribution < 1.29 is 4.79 Å². The van der Waals surface area contributed by atoms with Crippen LogP contribution in [0.3, 0.4) is 0 Å². The standard InChI is InChI=1S/C14H19N5O/c1-4-8-15-14(20)12-7-5-6-11(9-12)13-16-17-18-19(13)10(2)3/h5-7,9-10H,4,8H2,1-3H3,(H,15,20). The van der Waals surface area contributed by atoms with Crippen molar-refractivity contribution >= 4 is 5.91 Å². The molecule has 0 unspecified atom stereocenters. The topological polar surface area (TPSA) is 72.7 Å². The zero-order valence-electron chi connectivity index (χ0n) is 12.0. The maximum Gasteiger partial charge on any atom is 0.251 e. The van der Waals surface area contributed by atoms with E-state index in [4.69, 9.17) is 0 Å². The number of hydrogen-bond acceptors (Lipinski definition) is 4. The molecule has 1 amide bonds. The lowest BCUT2D eigenvalue weighted by atomic mass is 10.1. The molecule has 0 aliphatic carbocycles. The van der Waals surface area contributed by atoms with Gasteiger partial charge in [-0.05, 0) is 42.8 Å². The van der Waals surface area contributed by atoms with Crippen LogP contribution in [0.5, 0.6) is 0 Å². The van der Waals surface area contributed by atoms with Gasteiger partial charge in [-0.3, -0.25) is 4.79 Å². The molecule has 2 rings (SSSR count). The summed E-state index contributed by atoms with van der Waals surface area (Å²) in [6.45, 7) is 6.72. The molecule has 1 heterocycles. The van der Waals surface area contributed by atoms with Crippen LogP contribution in [0.1, 0.15) is 43.6 Å². The SMILES string of the molecule is CCCNC(=O)c1cccc(-c2nnnn2C(C)C)c1. The van der Waals surface area contributed by atoms with Crippen molar-refractivity contribution in [3.8, 4) is 11.4 Å². The van der Waals surface area contributed by atoms with E-state index >= 15 is 0 Å². The molecule has 1 N–H and O–H groups in total. The summed E-state index contributed by atoms with van der Waals surface area (Å²) in [6.07, 6.45) is 0.914. The summed E-state index contributed by atoms with van der Waals surface area (Å²) in [5.74, 6) is 0.599. The first-order chi connectivity index (χ1) is 9.63. The van der Waals surface area contributed by atoms with Gasteiger partial charge in [0.15, 0.2) is 5.82 Å². The van der Waals surface area contributed by atoms with Gasteiger partial charge in [0.25, 0.3) is 5.91 Å². The fourth-order valence-corrected chi connectivity index (χ4v) is 1.87. The molecule has 0 aliphatic rings. The zero-order chi connectivity index (χ0) is 14.5. The Morgan fingerprint density at radius 2 is 2.20 bits per heavy atom. The number of tetrazole rings is 1. The molecular formula is C14H19N5O. The highest BCUT2D eigenvalue weighted by Crippen LogP contribution is 2.19. The van der Waals surface area contributed by atoms with Crippen molar-refractivity contribution in [1.82, 2.24) is 25.5 Å². The molecule has 0 atom stereocenters. The lowest BCUT2D eigenvalue weighted by Crippen LogP contribution is -2.23. The molecule has 0 saturated carbocycles. The molecule has 1 aromatic carbocycles.